The van der Waals surface area contributed by atoms with Gasteiger partial charge in [0.05, 0.1) is 12.3 Å². The van der Waals surface area contributed by atoms with Crippen molar-refractivity contribution in [2.75, 3.05) is 17.2 Å². The second kappa shape index (κ2) is 9.06. The first-order valence-electron chi connectivity index (χ1n) is 8.77. The van der Waals surface area contributed by atoms with E-state index in [9.17, 15) is 9.59 Å². The van der Waals surface area contributed by atoms with E-state index in [2.05, 4.69) is 10.6 Å². The van der Waals surface area contributed by atoms with Crippen molar-refractivity contribution in [3.8, 4) is 5.75 Å². The largest absolute Gasteiger partial charge is 0.492 e. The summed E-state index contributed by atoms with van der Waals surface area (Å²) in [7, 11) is 0. The lowest BCUT2D eigenvalue weighted by atomic mass is 10.1. The van der Waals surface area contributed by atoms with Crippen LogP contribution in [0.4, 0.5) is 11.4 Å². The molecule has 0 spiro atoms. The number of halogens is 1. The van der Waals surface area contributed by atoms with E-state index in [-0.39, 0.29) is 11.8 Å². The Labute approximate surface area is 168 Å². The van der Waals surface area contributed by atoms with Crippen molar-refractivity contribution in [2.24, 2.45) is 0 Å². The van der Waals surface area contributed by atoms with Crippen LogP contribution in [0.2, 0.25) is 5.02 Å². The summed E-state index contributed by atoms with van der Waals surface area (Å²) in [6, 6.07) is 20.5. The molecule has 0 unspecified atom stereocenters. The molecule has 2 N–H and O–H groups in total. The first kappa shape index (κ1) is 19.5. The van der Waals surface area contributed by atoms with Crippen LogP contribution in [0.1, 0.15) is 27.6 Å². The van der Waals surface area contributed by atoms with Gasteiger partial charge in [0.15, 0.2) is 0 Å². The first-order valence-corrected chi connectivity index (χ1v) is 9.15. The number of ether oxygens (including phenoxy) is 1. The van der Waals surface area contributed by atoms with E-state index in [1.54, 1.807) is 60.7 Å². The summed E-state index contributed by atoms with van der Waals surface area (Å²) in [5, 5.41) is 6.18. The van der Waals surface area contributed by atoms with E-state index in [1.165, 1.54) is 0 Å². The monoisotopic (exact) mass is 394 g/mol. The average molecular weight is 395 g/mol. The molecule has 0 aliphatic carbocycles. The molecular formula is C22H19ClN2O3. The molecule has 0 fully saturated rings. The number of anilines is 2. The molecule has 0 saturated heterocycles. The second-order valence-corrected chi connectivity index (χ2v) is 6.36. The Morgan fingerprint density at radius 2 is 1.57 bits per heavy atom. The number of benzene rings is 3. The predicted octanol–water partition coefficient (Wildman–Crippen LogP) is 5.24. The van der Waals surface area contributed by atoms with Crippen LogP contribution in [0.25, 0.3) is 0 Å². The maximum absolute atomic E-state index is 12.6. The minimum Gasteiger partial charge on any atom is -0.492 e. The van der Waals surface area contributed by atoms with Crippen molar-refractivity contribution in [2.45, 2.75) is 6.92 Å². The van der Waals surface area contributed by atoms with E-state index in [0.29, 0.717) is 39.9 Å². The maximum Gasteiger partial charge on any atom is 0.255 e. The van der Waals surface area contributed by atoms with Crippen LogP contribution in [-0.2, 0) is 0 Å². The summed E-state index contributed by atoms with van der Waals surface area (Å²) in [5.41, 5.74) is 2.00. The Kier molecular flexibility index (Phi) is 6.29. The molecular weight excluding hydrogens is 376 g/mol. The highest BCUT2D eigenvalue weighted by Gasteiger charge is 2.12. The van der Waals surface area contributed by atoms with Crippen LogP contribution in [0.3, 0.4) is 0 Å². The molecule has 0 heterocycles. The molecule has 3 aromatic carbocycles. The smallest absolute Gasteiger partial charge is 0.255 e. The average Bonchev–Trinajstić information content (AvgIpc) is 2.70. The van der Waals surface area contributed by atoms with E-state index in [4.69, 9.17) is 16.3 Å². The van der Waals surface area contributed by atoms with Gasteiger partial charge in [-0.15, -0.1) is 0 Å². The summed E-state index contributed by atoms with van der Waals surface area (Å²) in [4.78, 5) is 25.0. The third-order valence-corrected chi connectivity index (χ3v) is 4.18. The van der Waals surface area contributed by atoms with Crippen molar-refractivity contribution in [1.82, 2.24) is 0 Å². The van der Waals surface area contributed by atoms with Crippen LogP contribution in [0.15, 0.2) is 72.8 Å². The number of rotatable bonds is 6. The second-order valence-electron chi connectivity index (χ2n) is 5.93. The highest BCUT2D eigenvalue weighted by Crippen LogP contribution is 2.24. The van der Waals surface area contributed by atoms with E-state index in [1.807, 2.05) is 19.1 Å². The Hall–Kier alpha value is -3.31. The van der Waals surface area contributed by atoms with Gasteiger partial charge in [-0.25, -0.2) is 0 Å². The van der Waals surface area contributed by atoms with Gasteiger partial charge in [-0.1, -0.05) is 29.8 Å². The zero-order chi connectivity index (χ0) is 19.9. The zero-order valence-corrected chi connectivity index (χ0v) is 16.0. The molecule has 0 aromatic heterocycles. The van der Waals surface area contributed by atoms with Gasteiger partial charge in [-0.2, -0.15) is 0 Å². The van der Waals surface area contributed by atoms with Crippen molar-refractivity contribution < 1.29 is 14.3 Å². The zero-order valence-electron chi connectivity index (χ0n) is 15.2. The Morgan fingerprint density at radius 3 is 2.32 bits per heavy atom. The molecule has 3 aromatic rings. The normalized spacial score (nSPS) is 10.2. The first-order chi connectivity index (χ1) is 13.6. The van der Waals surface area contributed by atoms with Crippen LogP contribution < -0.4 is 15.4 Å². The van der Waals surface area contributed by atoms with Gasteiger partial charge in [0, 0.05) is 21.8 Å². The molecule has 0 radical (unpaired) electrons. The quantitative estimate of drug-likeness (QED) is 0.600. The Morgan fingerprint density at radius 1 is 0.857 bits per heavy atom. The van der Waals surface area contributed by atoms with Crippen molar-refractivity contribution in [3.05, 3.63) is 88.9 Å². The van der Waals surface area contributed by atoms with E-state index >= 15 is 0 Å². The molecule has 6 heteroatoms. The van der Waals surface area contributed by atoms with Gasteiger partial charge in [0.25, 0.3) is 11.8 Å². The van der Waals surface area contributed by atoms with Crippen LogP contribution in [0, 0.1) is 0 Å². The number of carbonyl (C=O) groups excluding carboxylic acids is 2. The predicted molar refractivity (Wildman–Crippen MR) is 111 cm³/mol. The molecule has 28 heavy (non-hydrogen) atoms. The lowest BCUT2D eigenvalue weighted by Crippen LogP contribution is -2.15. The molecule has 142 valence electrons. The molecule has 0 saturated carbocycles. The fourth-order valence-electron chi connectivity index (χ4n) is 2.59. The van der Waals surface area contributed by atoms with E-state index in [0.717, 1.165) is 0 Å². The fraction of sp³-hybridized carbons (Fsp3) is 0.0909. The van der Waals surface area contributed by atoms with Gasteiger partial charge in [0.1, 0.15) is 5.75 Å². The summed E-state index contributed by atoms with van der Waals surface area (Å²) in [5.74, 6) is 0.0243. The third kappa shape index (κ3) is 4.90. The molecule has 0 aliphatic heterocycles. The standard InChI is InChI=1S/C22H19ClN2O3/c1-2-28-20-9-4-3-8-19(20)25-22(27)16-6-5-7-18(14-16)24-21(26)15-10-12-17(23)13-11-15/h3-14H,2H2,1H3,(H,24,26)(H,25,27). The van der Waals surface area contributed by atoms with Gasteiger partial charge in [-0.3, -0.25) is 9.59 Å². The van der Waals surface area contributed by atoms with Gasteiger partial charge in [-0.05, 0) is 61.5 Å². The topological polar surface area (TPSA) is 67.4 Å². The summed E-state index contributed by atoms with van der Waals surface area (Å²) >= 11 is 5.84. The van der Waals surface area contributed by atoms with E-state index < -0.39 is 0 Å². The Bertz CT molecular complexity index is 987. The fourth-order valence-corrected chi connectivity index (χ4v) is 2.71. The van der Waals surface area contributed by atoms with Gasteiger partial charge >= 0.3 is 0 Å². The molecule has 2 amide bonds. The maximum atomic E-state index is 12.6. The van der Waals surface area contributed by atoms with Crippen molar-refractivity contribution in [1.29, 1.82) is 0 Å². The summed E-state index contributed by atoms with van der Waals surface area (Å²) in [6.07, 6.45) is 0. The molecule has 3 rings (SSSR count). The van der Waals surface area contributed by atoms with Crippen molar-refractivity contribution >= 4 is 34.8 Å². The highest BCUT2D eigenvalue weighted by molar-refractivity contribution is 6.30. The SMILES string of the molecule is CCOc1ccccc1NC(=O)c1cccc(NC(=O)c2ccc(Cl)cc2)c1. The number of para-hydroxylation sites is 2. The van der Waals surface area contributed by atoms with Gasteiger partial charge < -0.3 is 15.4 Å². The number of amides is 2. The minimum atomic E-state index is -0.297. The Balaban J connectivity index is 1.73. The third-order valence-electron chi connectivity index (χ3n) is 3.92. The van der Waals surface area contributed by atoms with Gasteiger partial charge in [0.2, 0.25) is 0 Å². The highest BCUT2D eigenvalue weighted by atomic mass is 35.5. The van der Waals surface area contributed by atoms with Crippen LogP contribution >= 0.6 is 11.6 Å². The lowest BCUT2D eigenvalue weighted by Gasteiger charge is -2.12. The summed E-state index contributed by atoms with van der Waals surface area (Å²) in [6.45, 7) is 2.38. The molecule has 5 nitrogen and oxygen atoms in total. The van der Waals surface area contributed by atoms with Crippen molar-refractivity contribution in [3.63, 3.8) is 0 Å². The number of carbonyl (C=O) groups is 2. The molecule has 0 aliphatic rings. The summed E-state index contributed by atoms with van der Waals surface area (Å²) < 4.78 is 5.53. The number of hydrogen-bond acceptors (Lipinski definition) is 3. The lowest BCUT2D eigenvalue weighted by molar-refractivity contribution is 0.101. The van der Waals surface area contributed by atoms with Crippen LogP contribution in [-0.4, -0.2) is 18.4 Å². The van der Waals surface area contributed by atoms with Crippen LogP contribution in [0.5, 0.6) is 5.75 Å². The number of hydrogen-bond donors (Lipinski definition) is 2. The molecule has 0 bridgehead atoms. The number of nitrogens with one attached hydrogen (secondary N) is 2. The minimum absolute atomic E-state index is 0.282. The molecule has 0 atom stereocenters.